The number of oxime groups is 1. The number of nitrogens with one attached hydrogen (secondary N) is 1. The summed E-state index contributed by atoms with van der Waals surface area (Å²) < 4.78 is 7.91. The number of allylic oxidation sites excluding steroid dienone is 3. The van der Waals surface area contributed by atoms with Crippen LogP contribution >= 0.6 is 22.6 Å². The fourth-order valence-electron chi connectivity index (χ4n) is 3.68. The summed E-state index contributed by atoms with van der Waals surface area (Å²) in [7, 11) is 1.56. The third-order valence-electron chi connectivity index (χ3n) is 5.57. The number of fused-ring (bicyclic) bond motifs is 1. The Morgan fingerprint density at radius 3 is 2.69 bits per heavy atom. The minimum Gasteiger partial charge on any atom is -0.494 e. The fourth-order valence-corrected chi connectivity index (χ4v) is 4.02. The van der Waals surface area contributed by atoms with Gasteiger partial charge in [0.15, 0.2) is 0 Å². The highest BCUT2D eigenvalue weighted by Crippen LogP contribution is 2.33. The molecule has 1 amide bonds. The first-order valence-corrected chi connectivity index (χ1v) is 11.7. The number of aliphatic hydroxyl groups excluding tert-OH is 1. The maximum Gasteiger partial charge on any atom is 0.261 e. The normalized spacial score (nSPS) is 20.3. The number of methoxy groups -OCH3 is 1. The minimum absolute atomic E-state index is 0.0757. The van der Waals surface area contributed by atoms with E-state index in [1.807, 2.05) is 59.4 Å². The van der Waals surface area contributed by atoms with Gasteiger partial charge in [0.2, 0.25) is 0 Å². The molecular formula is C23H29IN4O4. The Morgan fingerprint density at radius 2 is 2.06 bits per heavy atom. The quantitative estimate of drug-likeness (QED) is 0.114. The van der Waals surface area contributed by atoms with Gasteiger partial charge >= 0.3 is 0 Å². The van der Waals surface area contributed by atoms with Gasteiger partial charge in [0, 0.05) is 17.6 Å². The van der Waals surface area contributed by atoms with Crippen LogP contribution in [0.4, 0.5) is 5.69 Å². The molecule has 0 aliphatic heterocycles. The summed E-state index contributed by atoms with van der Waals surface area (Å²) in [4.78, 5) is 12.7. The maximum absolute atomic E-state index is 12.7. The van der Waals surface area contributed by atoms with Crippen LogP contribution in [0.25, 0.3) is 10.9 Å². The summed E-state index contributed by atoms with van der Waals surface area (Å²) in [6, 6.07) is 3.95. The third kappa shape index (κ3) is 5.89. The van der Waals surface area contributed by atoms with E-state index >= 15 is 0 Å². The van der Waals surface area contributed by atoms with Gasteiger partial charge in [-0.15, -0.1) is 0 Å². The van der Waals surface area contributed by atoms with Crippen LogP contribution in [0.5, 0.6) is 5.75 Å². The van der Waals surface area contributed by atoms with E-state index in [4.69, 9.17) is 15.0 Å². The van der Waals surface area contributed by atoms with Crippen molar-refractivity contribution >= 4 is 50.8 Å². The van der Waals surface area contributed by atoms with Crippen LogP contribution in [0, 0.1) is 5.92 Å². The zero-order valence-electron chi connectivity index (χ0n) is 18.5. The van der Waals surface area contributed by atoms with E-state index < -0.39 is 0 Å². The number of carbonyl (C=O) groups excluding carboxylic acids is 1. The van der Waals surface area contributed by atoms with Crippen LogP contribution in [-0.2, 0) is 4.79 Å². The van der Waals surface area contributed by atoms with Crippen molar-refractivity contribution in [1.29, 1.82) is 0 Å². The van der Waals surface area contributed by atoms with E-state index in [1.165, 1.54) is 0 Å². The SMILES string of the molecule is COc1cc2nn(C3CCC(O)CC3)cc2cc1NC(=O)/C(I)=C/C=C\C(=N\O)C(C)C. The standard InChI is InChI=1S/C23H29IN4O4/c1-14(2)19(27-31)6-4-5-18(24)23(30)25-21-11-15-13-28(16-7-9-17(29)10-8-16)26-20(15)12-22(21)32-3/h4-6,11-14,16-17,29,31H,7-10H2,1-3H3,(H,25,30)/b6-4-,18-5-,27-19-. The fraction of sp³-hybridized carbons (Fsp3) is 0.435. The number of nitrogens with zero attached hydrogens (tertiary/aromatic N) is 3. The molecule has 0 spiro atoms. The molecule has 0 unspecified atom stereocenters. The van der Waals surface area contributed by atoms with Crippen molar-refractivity contribution in [3.8, 4) is 5.75 Å². The minimum atomic E-state index is -0.270. The number of hydrogen-bond donors (Lipinski definition) is 3. The number of hydrogen-bond acceptors (Lipinski definition) is 6. The Hall–Kier alpha value is -2.40. The molecule has 0 atom stereocenters. The van der Waals surface area contributed by atoms with Gasteiger partial charge in [0.05, 0.1) is 39.8 Å². The Balaban J connectivity index is 1.77. The molecule has 32 heavy (non-hydrogen) atoms. The molecule has 1 heterocycles. The lowest BCUT2D eigenvalue weighted by Gasteiger charge is -2.25. The summed E-state index contributed by atoms with van der Waals surface area (Å²) >= 11 is 1.97. The number of carbonyl (C=O) groups is 1. The molecule has 9 heteroatoms. The number of rotatable bonds is 7. The molecule has 0 saturated heterocycles. The smallest absolute Gasteiger partial charge is 0.261 e. The molecule has 1 aromatic heterocycles. The van der Waals surface area contributed by atoms with Gasteiger partial charge in [-0.05, 0) is 72.4 Å². The Morgan fingerprint density at radius 1 is 1.34 bits per heavy atom. The molecule has 1 fully saturated rings. The predicted molar refractivity (Wildman–Crippen MR) is 134 cm³/mol. The van der Waals surface area contributed by atoms with E-state index in [0.29, 0.717) is 20.7 Å². The van der Waals surface area contributed by atoms with E-state index in [1.54, 1.807) is 25.3 Å². The summed E-state index contributed by atoms with van der Waals surface area (Å²) in [5, 5.41) is 30.5. The molecule has 1 aliphatic rings. The first-order chi connectivity index (χ1) is 15.3. The molecule has 3 rings (SSSR count). The highest BCUT2D eigenvalue weighted by molar-refractivity contribution is 14.1. The van der Waals surface area contributed by atoms with Crippen molar-refractivity contribution in [2.24, 2.45) is 11.1 Å². The number of amides is 1. The lowest BCUT2D eigenvalue weighted by Crippen LogP contribution is -2.21. The first-order valence-electron chi connectivity index (χ1n) is 10.6. The van der Waals surface area contributed by atoms with Crippen molar-refractivity contribution < 1.29 is 19.8 Å². The maximum atomic E-state index is 12.7. The van der Waals surface area contributed by atoms with Gasteiger partial charge in [-0.2, -0.15) is 5.10 Å². The Labute approximate surface area is 201 Å². The van der Waals surface area contributed by atoms with Gasteiger partial charge in [-0.3, -0.25) is 9.48 Å². The molecule has 0 radical (unpaired) electrons. The van der Waals surface area contributed by atoms with Crippen LogP contribution in [0.1, 0.15) is 45.6 Å². The lowest BCUT2D eigenvalue weighted by atomic mass is 9.93. The molecule has 1 saturated carbocycles. The molecule has 0 bridgehead atoms. The first kappa shape index (κ1) is 24.2. The molecule has 1 aliphatic carbocycles. The molecule has 1 aromatic carbocycles. The van der Waals surface area contributed by atoms with Gasteiger partial charge in [-0.1, -0.05) is 25.1 Å². The average molecular weight is 552 g/mol. The number of aliphatic hydroxyl groups is 1. The van der Waals surface area contributed by atoms with Crippen molar-refractivity contribution in [1.82, 2.24) is 9.78 Å². The number of aromatic nitrogens is 2. The topological polar surface area (TPSA) is 109 Å². The average Bonchev–Trinajstić information content (AvgIpc) is 3.18. The second-order valence-corrected chi connectivity index (χ2v) is 9.35. The van der Waals surface area contributed by atoms with Crippen LogP contribution in [0.2, 0.25) is 0 Å². The van der Waals surface area contributed by atoms with E-state index in [2.05, 4.69) is 10.5 Å². The molecule has 172 valence electrons. The van der Waals surface area contributed by atoms with Gasteiger partial charge in [0.1, 0.15) is 5.75 Å². The Kier molecular flexibility index (Phi) is 8.30. The monoisotopic (exact) mass is 552 g/mol. The zero-order valence-corrected chi connectivity index (χ0v) is 20.6. The highest BCUT2D eigenvalue weighted by Gasteiger charge is 2.22. The number of anilines is 1. The second kappa shape index (κ2) is 11.0. The summed E-state index contributed by atoms with van der Waals surface area (Å²) in [5.41, 5.74) is 1.89. The van der Waals surface area contributed by atoms with E-state index in [0.717, 1.165) is 36.6 Å². The van der Waals surface area contributed by atoms with Crippen molar-refractivity contribution in [3.05, 3.63) is 40.1 Å². The lowest BCUT2D eigenvalue weighted by molar-refractivity contribution is -0.112. The van der Waals surface area contributed by atoms with Gasteiger partial charge in [-0.25, -0.2) is 0 Å². The molecular weight excluding hydrogens is 523 g/mol. The third-order valence-corrected chi connectivity index (χ3v) is 6.41. The van der Waals surface area contributed by atoms with Crippen LogP contribution in [0.3, 0.4) is 0 Å². The number of ether oxygens (including phenoxy) is 1. The second-order valence-electron chi connectivity index (χ2n) is 8.19. The molecule has 8 nitrogen and oxygen atoms in total. The Bertz CT molecular complexity index is 1050. The van der Waals surface area contributed by atoms with E-state index in [-0.39, 0.29) is 24.0 Å². The summed E-state index contributed by atoms with van der Waals surface area (Å²) in [6.07, 6.45) is 10.1. The number of halogens is 1. The highest BCUT2D eigenvalue weighted by atomic mass is 127. The predicted octanol–water partition coefficient (Wildman–Crippen LogP) is 4.82. The number of benzene rings is 1. The van der Waals surface area contributed by atoms with Crippen LogP contribution < -0.4 is 10.1 Å². The van der Waals surface area contributed by atoms with Crippen molar-refractivity contribution in [2.45, 2.75) is 51.7 Å². The molecule has 2 aromatic rings. The molecule has 3 N–H and O–H groups in total. The largest absolute Gasteiger partial charge is 0.494 e. The summed E-state index contributed by atoms with van der Waals surface area (Å²) in [5.74, 6) is 0.338. The van der Waals surface area contributed by atoms with Crippen molar-refractivity contribution in [3.63, 3.8) is 0 Å². The van der Waals surface area contributed by atoms with Gasteiger partial charge in [0.25, 0.3) is 5.91 Å². The van der Waals surface area contributed by atoms with Crippen molar-refractivity contribution in [2.75, 3.05) is 12.4 Å². The van der Waals surface area contributed by atoms with Crippen LogP contribution in [0.15, 0.2) is 45.3 Å². The van der Waals surface area contributed by atoms with Gasteiger partial charge < -0.3 is 20.4 Å². The van der Waals surface area contributed by atoms with E-state index in [9.17, 15) is 9.90 Å². The zero-order chi connectivity index (χ0) is 23.3. The van der Waals surface area contributed by atoms with Crippen LogP contribution in [-0.4, -0.2) is 44.9 Å². The summed E-state index contributed by atoms with van der Waals surface area (Å²) in [6.45, 7) is 3.84.